The molecule has 0 aliphatic carbocycles. The third-order valence-corrected chi connectivity index (χ3v) is 5.13. The molecule has 0 aromatic carbocycles. The highest BCUT2D eigenvalue weighted by atomic mass is 16.2. The average Bonchev–Trinajstić information content (AvgIpc) is 2.72. The number of aromatic nitrogens is 3. The Morgan fingerprint density at radius 1 is 1.14 bits per heavy atom. The Hall–Kier alpha value is -3.03. The van der Waals surface area contributed by atoms with Crippen LogP contribution in [0.25, 0.3) is 0 Å². The number of anilines is 2. The largest absolute Gasteiger partial charge is 0.355 e. The smallest absolute Gasteiger partial charge is 0.269 e. The molecule has 1 saturated heterocycles. The topological polar surface area (TPSA) is 100 Å². The number of amides is 2. The van der Waals surface area contributed by atoms with Gasteiger partial charge >= 0.3 is 0 Å². The number of nitrogens with zero attached hydrogens (tertiary/aromatic N) is 4. The van der Waals surface area contributed by atoms with Gasteiger partial charge in [-0.05, 0) is 48.4 Å². The molecule has 3 heterocycles. The van der Waals surface area contributed by atoms with Gasteiger partial charge in [-0.15, -0.1) is 10.2 Å². The summed E-state index contributed by atoms with van der Waals surface area (Å²) in [5, 5.41) is 13.9. The minimum absolute atomic E-state index is 0.123. The molecule has 0 unspecified atom stereocenters. The van der Waals surface area contributed by atoms with E-state index in [2.05, 4.69) is 44.6 Å². The lowest BCUT2D eigenvalue weighted by molar-refractivity contribution is -0.114. The van der Waals surface area contributed by atoms with Crippen molar-refractivity contribution in [2.45, 2.75) is 39.5 Å². The van der Waals surface area contributed by atoms with Gasteiger partial charge < -0.3 is 15.5 Å². The molecular weight excluding hydrogens is 368 g/mol. The molecule has 1 fully saturated rings. The highest BCUT2D eigenvalue weighted by Crippen LogP contribution is 2.21. The van der Waals surface area contributed by atoms with Gasteiger partial charge in [-0.3, -0.25) is 14.6 Å². The Balaban J connectivity index is 1.44. The van der Waals surface area contributed by atoms with Crippen molar-refractivity contribution in [1.82, 2.24) is 20.5 Å². The van der Waals surface area contributed by atoms with Gasteiger partial charge in [-0.1, -0.05) is 19.9 Å². The standard InChI is InChI=1S/C21H28N6O2/c1-14(2)17-4-5-18(22-13-17)21(29)23-12-16-8-10-27(11-9-16)20-7-6-19(25-26-20)24-15(3)28/h4-7,13-14,16H,8-12H2,1-3H3,(H,23,29)(H,24,25,28). The second kappa shape index (κ2) is 9.45. The van der Waals surface area contributed by atoms with Crippen LogP contribution in [0.5, 0.6) is 0 Å². The summed E-state index contributed by atoms with van der Waals surface area (Å²) in [5.41, 5.74) is 1.59. The third-order valence-electron chi connectivity index (χ3n) is 5.13. The molecule has 0 saturated carbocycles. The van der Waals surface area contributed by atoms with Crippen molar-refractivity contribution in [3.05, 3.63) is 41.7 Å². The van der Waals surface area contributed by atoms with Gasteiger partial charge in [0.05, 0.1) is 0 Å². The molecule has 2 aromatic rings. The van der Waals surface area contributed by atoms with Gasteiger partial charge in [-0.2, -0.15) is 0 Å². The fraction of sp³-hybridized carbons (Fsp3) is 0.476. The fourth-order valence-electron chi connectivity index (χ4n) is 3.32. The van der Waals surface area contributed by atoms with Gasteiger partial charge in [-0.25, -0.2) is 0 Å². The molecule has 1 aliphatic rings. The van der Waals surface area contributed by atoms with Crippen LogP contribution in [-0.2, 0) is 4.79 Å². The van der Waals surface area contributed by atoms with Gasteiger partial charge in [0.2, 0.25) is 5.91 Å². The first-order chi connectivity index (χ1) is 13.9. The number of hydrogen-bond acceptors (Lipinski definition) is 6. The summed E-state index contributed by atoms with van der Waals surface area (Å²) >= 11 is 0. The maximum atomic E-state index is 12.3. The Labute approximate surface area is 171 Å². The first kappa shape index (κ1) is 20.7. The molecular formula is C21H28N6O2. The predicted octanol–water partition coefficient (Wildman–Crippen LogP) is 2.60. The number of hydrogen-bond donors (Lipinski definition) is 2. The number of carbonyl (C=O) groups is 2. The van der Waals surface area contributed by atoms with Crippen molar-refractivity contribution in [2.24, 2.45) is 5.92 Å². The normalized spacial score (nSPS) is 14.7. The lowest BCUT2D eigenvalue weighted by Crippen LogP contribution is -2.39. The molecule has 3 rings (SSSR count). The van der Waals surface area contributed by atoms with Crippen molar-refractivity contribution < 1.29 is 9.59 Å². The quantitative estimate of drug-likeness (QED) is 0.778. The van der Waals surface area contributed by atoms with Crippen LogP contribution in [0.3, 0.4) is 0 Å². The lowest BCUT2D eigenvalue weighted by Gasteiger charge is -2.32. The molecule has 0 radical (unpaired) electrons. The van der Waals surface area contributed by atoms with E-state index in [4.69, 9.17) is 0 Å². The maximum Gasteiger partial charge on any atom is 0.269 e. The van der Waals surface area contributed by atoms with Gasteiger partial charge in [0.1, 0.15) is 5.69 Å². The summed E-state index contributed by atoms with van der Waals surface area (Å²) in [7, 11) is 0. The highest BCUT2D eigenvalue weighted by molar-refractivity contribution is 5.92. The maximum absolute atomic E-state index is 12.3. The summed E-state index contributed by atoms with van der Waals surface area (Å²) in [5.74, 6) is 1.79. The first-order valence-electron chi connectivity index (χ1n) is 10.0. The van der Waals surface area contributed by atoms with Gasteiger partial charge in [0.25, 0.3) is 5.91 Å². The van der Waals surface area contributed by atoms with Crippen molar-refractivity contribution in [3.63, 3.8) is 0 Å². The van der Waals surface area contributed by atoms with Crippen LogP contribution < -0.4 is 15.5 Å². The first-order valence-corrected chi connectivity index (χ1v) is 10.0. The van der Waals surface area contributed by atoms with E-state index >= 15 is 0 Å². The molecule has 2 amide bonds. The number of nitrogens with one attached hydrogen (secondary N) is 2. The SMILES string of the molecule is CC(=O)Nc1ccc(N2CCC(CNC(=O)c3ccc(C(C)C)cn3)CC2)nn1. The van der Waals surface area contributed by atoms with E-state index in [1.54, 1.807) is 18.3 Å². The van der Waals surface area contributed by atoms with E-state index in [1.807, 2.05) is 12.1 Å². The van der Waals surface area contributed by atoms with Crippen LogP contribution in [-0.4, -0.2) is 46.6 Å². The molecule has 0 spiro atoms. The van der Waals surface area contributed by atoms with Gasteiger partial charge in [0.15, 0.2) is 11.6 Å². The summed E-state index contributed by atoms with van der Waals surface area (Å²) in [6.45, 7) is 8.01. The summed E-state index contributed by atoms with van der Waals surface area (Å²) in [6.07, 6.45) is 3.71. The zero-order valence-corrected chi connectivity index (χ0v) is 17.2. The molecule has 8 heteroatoms. The summed E-state index contributed by atoms with van der Waals surface area (Å²) < 4.78 is 0. The second-order valence-corrected chi connectivity index (χ2v) is 7.73. The third kappa shape index (κ3) is 5.73. The minimum atomic E-state index is -0.166. The van der Waals surface area contributed by atoms with Crippen LogP contribution in [0.2, 0.25) is 0 Å². The second-order valence-electron chi connectivity index (χ2n) is 7.73. The van der Waals surface area contributed by atoms with Crippen LogP contribution >= 0.6 is 0 Å². The number of pyridine rings is 1. The average molecular weight is 396 g/mol. The number of piperidine rings is 1. The lowest BCUT2D eigenvalue weighted by atomic mass is 9.96. The van der Waals surface area contributed by atoms with Crippen LogP contribution in [0.1, 0.15) is 55.6 Å². The number of rotatable bonds is 6. The van der Waals surface area contributed by atoms with E-state index in [9.17, 15) is 9.59 Å². The van der Waals surface area contributed by atoms with Crippen molar-refractivity contribution in [2.75, 3.05) is 29.9 Å². The van der Waals surface area contributed by atoms with Crippen molar-refractivity contribution in [1.29, 1.82) is 0 Å². The minimum Gasteiger partial charge on any atom is -0.355 e. The molecule has 2 N–H and O–H groups in total. The van der Waals surface area contributed by atoms with Crippen LogP contribution in [0, 0.1) is 5.92 Å². The van der Waals surface area contributed by atoms with E-state index in [0.29, 0.717) is 29.9 Å². The monoisotopic (exact) mass is 396 g/mol. The molecule has 154 valence electrons. The zero-order chi connectivity index (χ0) is 20.8. The van der Waals surface area contributed by atoms with Crippen molar-refractivity contribution in [3.8, 4) is 0 Å². The van der Waals surface area contributed by atoms with Gasteiger partial charge in [0, 0.05) is 32.8 Å². The highest BCUT2D eigenvalue weighted by Gasteiger charge is 2.21. The van der Waals surface area contributed by atoms with Crippen LogP contribution in [0.4, 0.5) is 11.6 Å². The molecule has 0 atom stereocenters. The fourth-order valence-corrected chi connectivity index (χ4v) is 3.32. The Morgan fingerprint density at radius 3 is 2.45 bits per heavy atom. The molecule has 8 nitrogen and oxygen atoms in total. The Morgan fingerprint density at radius 2 is 1.90 bits per heavy atom. The molecule has 2 aromatic heterocycles. The van der Waals surface area contributed by atoms with Crippen LogP contribution in [0.15, 0.2) is 30.5 Å². The number of carbonyl (C=O) groups excluding carboxylic acids is 2. The van der Waals surface area contributed by atoms with E-state index in [-0.39, 0.29) is 11.8 Å². The Kier molecular flexibility index (Phi) is 6.74. The van der Waals surface area contributed by atoms with E-state index in [1.165, 1.54) is 6.92 Å². The van der Waals surface area contributed by atoms with E-state index in [0.717, 1.165) is 37.3 Å². The predicted molar refractivity (Wildman–Crippen MR) is 112 cm³/mol. The van der Waals surface area contributed by atoms with E-state index < -0.39 is 0 Å². The summed E-state index contributed by atoms with van der Waals surface area (Å²) in [6, 6.07) is 7.38. The van der Waals surface area contributed by atoms with Crippen molar-refractivity contribution >= 4 is 23.5 Å². The zero-order valence-electron chi connectivity index (χ0n) is 17.2. The molecule has 1 aliphatic heterocycles. The molecule has 0 bridgehead atoms. The Bertz CT molecular complexity index is 827. The molecule has 29 heavy (non-hydrogen) atoms. The summed E-state index contributed by atoms with van der Waals surface area (Å²) in [4.78, 5) is 29.8.